The second-order valence-corrected chi connectivity index (χ2v) is 6.85. The van der Waals surface area contributed by atoms with Crippen LogP contribution < -0.4 is 15.0 Å². The summed E-state index contributed by atoms with van der Waals surface area (Å²) in [6.45, 7) is 0.355. The number of nitrogens with zero attached hydrogens (tertiary/aromatic N) is 1. The first-order valence-corrected chi connectivity index (χ1v) is 9.38. The maximum Gasteiger partial charge on any atom is 0.333 e. The Balaban J connectivity index is 1.56. The summed E-state index contributed by atoms with van der Waals surface area (Å²) in [5, 5.41) is 3.30. The Hall–Kier alpha value is -3.57. The van der Waals surface area contributed by atoms with Gasteiger partial charge in [0.25, 0.3) is 5.91 Å². The lowest BCUT2D eigenvalue weighted by molar-refractivity contribution is -0.113. The minimum Gasteiger partial charge on any atom is -0.488 e. The topological polar surface area (TPSA) is 58.6 Å². The second-order valence-electron chi connectivity index (χ2n) is 6.42. The molecule has 3 aromatic rings. The highest BCUT2D eigenvalue weighted by molar-refractivity contribution is 6.30. The maximum atomic E-state index is 12.8. The molecule has 0 atom stereocenters. The molecule has 0 radical (unpaired) electrons. The first-order valence-electron chi connectivity index (χ1n) is 9.00. The number of rotatable bonds is 5. The molecular weight excluding hydrogens is 388 g/mol. The molecule has 0 bridgehead atoms. The van der Waals surface area contributed by atoms with Crippen LogP contribution in [-0.2, 0) is 11.4 Å². The van der Waals surface area contributed by atoms with Crippen molar-refractivity contribution in [2.45, 2.75) is 6.61 Å². The number of nitrogens with one attached hydrogen (secondary N) is 1. The van der Waals surface area contributed by atoms with Crippen molar-refractivity contribution in [3.63, 3.8) is 0 Å². The molecule has 3 amide bonds. The van der Waals surface area contributed by atoms with Crippen LogP contribution in [0.15, 0.2) is 84.6 Å². The number of hydrogen-bond donors (Lipinski definition) is 1. The summed E-state index contributed by atoms with van der Waals surface area (Å²) in [5.41, 5.74) is 2.38. The van der Waals surface area contributed by atoms with Crippen molar-refractivity contribution in [3.8, 4) is 5.75 Å². The number of hydrogen-bond acceptors (Lipinski definition) is 3. The first kappa shape index (κ1) is 18.8. The van der Waals surface area contributed by atoms with E-state index in [0.717, 1.165) is 10.5 Å². The van der Waals surface area contributed by atoms with Crippen molar-refractivity contribution in [1.29, 1.82) is 0 Å². The van der Waals surface area contributed by atoms with Crippen LogP contribution >= 0.6 is 11.6 Å². The van der Waals surface area contributed by atoms with Crippen LogP contribution in [0.4, 0.5) is 10.5 Å². The Kier molecular flexibility index (Phi) is 5.31. The Morgan fingerprint density at radius 1 is 0.897 bits per heavy atom. The number of carbonyl (C=O) groups is 2. The fraction of sp³-hybridized carbons (Fsp3) is 0.0435. The molecule has 1 heterocycles. The molecule has 5 nitrogen and oxygen atoms in total. The normalized spacial score (nSPS) is 14.9. The van der Waals surface area contributed by atoms with Crippen LogP contribution in [-0.4, -0.2) is 11.9 Å². The Bertz CT molecular complexity index is 1080. The fourth-order valence-electron chi connectivity index (χ4n) is 2.98. The quantitative estimate of drug-likeness (QED) is 0.480. The van der Waals surface area contributed by atoms with Gasteiger partial charge in [0, 0.05) is 10.6 Å². The number of halogens is 1. The third-order valence-electron chi connectivity index (χ3n) is 4.42. The van der Waals surface area contributed by atoms with E-state index in [1.165, 1.54) is 0 Å². The number of anilines is 1. The van der Waals surface area contributed by atoms with Crippen molar-refractivity contribution < 1.29 is 14.3 Å². The average molecular weight is 405 g/mol. The van der Waals surface area contributed by atoms with E-state index in [-0.39, 0.29) is 5.70 Å². The molecule has 0 aliphatic carbocycles. The predicted molar refractivity (Wildman–Crippen MR) is 113 cm³/mol. The number of imide groups is 1. The lowest BCUT2D eigenvalue weighted by atomic mass is 10.1. The van der Waals surface area contributed by atoms with Gasteiger partial charge < -0.3 is 10.1 Å². The average Bonchev–Trinajstić information content (AvgIpc) is 3.02. The van der Waals surface area contributed by atoms with Gasteiger partial charge >= 0.3 is 6.03 Å². The number of urea groups is 1. The zero-order valence-corrected chi connectivity index (χ0v) is 16.1. The van der Waals surface area contributed by atoms with Gasteiger partial charge in [0.15, 0.2) is 0 Å². The number of ether oxygens (including phenoxy) is 1. The van der Waals surface area contributed by atoms with Crippen molar-refractivity contribution in [2.24, 2.45) is 0 Å². The molecule has 1 fully saturated rings. The third kappa shape index (κ3) is 4.15. The largest absolute Gasteiger partial charge is 0.488 e. The van der Waals surface area contributed by atoms with E-state index in [9.17, 15) is 9.59 Å². The monoisotopic (exact) mass is 404 g/mol. The highest BCUT2D eigenvalue weighted by atomic mass is 35.5. The second kappa shape index (κ2) is 8.20. The summed E-state index contributed by atoms with van der Waals surface area (Å²) in [6, 6.07) is 23.1. The van der Waals surface area contributed by atoms with Crippen molar-refractivity contribution >= 4 is 35.3 Å². The number of amides is 3. The molecule has 0 aromatic heterocycles. The highest BCUT2D eigenvalue weighted by Gasteiger charge is 2.34. The van der Waals surface area contributed by atoms with Gasteiger partial charge in [-0.3, -0.25) is 4.79 Å². The highest BCUT2D eigenvalue weighted by Crippen LogP contribution is 2.26. The van der Waals surface area contributed by atoms with E-state index >= 15 is 0 Å². The van der Waals surface area contributed by atoms with Crippen LogP contribution in [0.1, 0.15) is 11.1 Å². The molecule has 29 heavy (non-hydrogen) atoms. The number of para-hydroxylation sites is 2. The van der Waals surface area contributed by atoms with Crippen LogP contribution in [0.5, 0.6) is 5.75 Å². The van der Waals surface area contributed by atoms with E-state index in [0.29, 0.717) is 28.6 Å². The summed E-state index contributed by atoms with van der Waals surface area (Å²) < 4.78 is 5.92. The number of carbonyl (C=O) groups excluding carboxylic acids is 2. The van der Waals surface area contributed by atoms with Crippen LogP contribution in [0, 0.1) is 0 Å². The van der Waals surface area contributed by atoms with Gasteiger partial charge in [-0.1, -0.05) is 60.1 Å². The SMILES string of the molecule is O=C1N/C(=C/c2ccccc2OCc2ccc(Cl)cc2)C(=O)N1c1ccccc1. The molecule has 144 valence electrons. The van der Waals surface area contributed by atoms with Crippen LogP contribution in [0.3, 0.4) is 0 Å². The summed E-state index contributed by atoms with van der Waals surface area (Å²) in [6.07, 6.45) is 1.63. The van der Waals surface area contributed by atoms with E-state index in [4.69, 9.17) is 16.3 Å². The summed E-state index contributed by atoms with van der Waals surface area (Å²) >= 11 is 5.91. The molecule has 1 saturated heterocycles. The molecule has 3 aromatic carbocycles. The fourth-order valence-corrected chi connectivity index (χ4v) is 3.10. The molecule has 0 unspecified atom stereocenters. The predicted octanol–water partition coefficient (Wildman–Crippen LogP) is 5.02. The molecule has 4 rings (SSSR count). The molecule has 6 heteroatoms. The van der Waals surface area contributed by atoms with E-state index in [2.05, 4.69) is 5.32 Å². The Labute approximate surface area is 173 Å². The Morgan fingerprint density at radius 3 is 2.34 bits per heavy atom. The molecule has 1 aliphatic heterocycles. The zero-order valence-electron chi connectivity index (χ0n) is 15.3. The van der Waals surface area contributed by atoms with Crippen molar-refractivity contribution in [2.75, 3.05) is 4.90 Å². The maximum absolute atomic E-state index is 12.8. The summed E-state index contributed by atoms with van der Waals surface area (Å²) in [4.78, 5) is 26.2. The van der Waals surface area contributed by atoms with Gasteiger partial charge in [-0.25, -0.2) is 9.69 Å². The lowest BCUT2D eigenvalue weighted by Gasteiger charge is -2.11. The van der Waals surface area contributed by atoms with Gasteiger partial charge in [-0.05, 0) is 42.0 Å². The van der Waals surface area contributed by atoms with Gasteiger partial charge in [0.1, 0.15) is 18.1 Å². The standard InChI is InChI=1S/C23H17ClN2O3/c24-18-12-10-16(11-13-18)15-29-21-9-5-4-6-17(21)14-20-22(27)26(23(28)25-20)19-7-2-1-3-8-19/h1-14H,15H2,(H,25,28)/b20-14+. The summed E-state index contributed by atoms with van der Waals surface area (Å²) in [7, 11) is 0. The molecule has 1 N–H and O–H groups in total. The molecule has 0 spiro atoms. The van der Waals surface area contributed by atoms with E-state index < -0.39 is 11.9 Å². The molecule has 0 saturated carbocycles. The van der Waals surface area contributed by atoms with E-state index in [1.54, 1.807) is 42.5 Å². The minimum atomic E-state index is -0.480. The third-order valence-corrected chi connectivity index (χ3v) is 4.67. The van der Waals surface area contributed by atoms with Crippen molar-refractivity contribution in [3.05, 3.63) is 101 Å². The van der Waals surface area contributed by atoms with Crippen LogP contribution in [0.25, 0.3) is 6.08 Å². The Morgan fingerprint density at radius 2 is 1.59 bits per heavy atom. The van der Waals surface area contributed by atoms with Gasteiger partial charge in [0.05, 0.1) is 5.69 Å². The smallest absolute Gasteiger partial charge is 0.333 e. The number of benzene rings is 3. The van der Waals surface area contributed by atoms with Crippen LogP contribution in [0.2, 0.25) is 5.02 Å². The molecular formula is C23H17ClN2O3. The lowest BCUT2D eigenvalue weighted by Crippen LogP contribution is -2.30. The molecule has 1 aliphatic rings. The van der Waals surface area contributed by atoms with Gasteiger partial charge in [-0.15, -0.1) is 0 Å². The zero-order chi connectivity index (χ0) is 20.2. The minimum absolute atomic E-state index is 0.196. The van der Waals surface area contributed by atoms with E-state index in [1.807, 2.05) is 42.5 Å². The summed E-state index contributed by atoms with van der Waals surface area (Å²) in [5.74, 6) is 0.198. The van der Waals surface area contributed by atoms with Gasteiger partial charge in [0.2, 0.25) is 0 Å². The van der Waals surface area contributed by atoms with Gasteiger partial charge in [-0.2, -0.15) is 0 Å². The first-order chi connectivity index (χ1) is 14.1. The van der Waals surface area contributed by atoms with Crippen molar-refractivity contribution in [1.82, 2.24) is 5.32 Å².